The van der Waals surface area contributed by atoms with Crippen LogP contribution in [0.4, 0.5) is 0 Å². The van der Waals surface area contributed by atoms with Gasteiger partial charge in [-0.3, -0.25) is 4.79 Å². The number of aryl methyl sites for hydroxylation is 1. The highest BCUT2D eigenvalue weighted by Gasteiger charge is 2.26. The predicted molar refractivity (Wildman–Crippen MR) is 68.6 cm³/mol. The summed E-state index contributed by atoms with van der Waals surface area (Å²) in [7, 11) is 1.61. The van der Waals surface area contributed by atoms with E-state index in [2.05, 4.69) is 19.1 Å². The summed E-state index contributed by atoms with van der Waals surface area (Å²) in [5, 5.41) is 0. The lowest BCUT2D eigenvalue weighted by atomic mass is 10.2. The molecule has 1 amide bonds. The molecule has 1 unspecified atom stereocenters. The van der Waals surface area contributed by atoms with Gasteiger partial charge in [0.25, 0.3) is 0 Å². The summed E-state index contributed by atoms with van der Waals surface area (Å²) in [6.07, 6.45) is 1.66. The first-order valence-electron chi connectivity index (χ1n) is 5.95. The van der Waals surface area contributed by atoms with Crippen molar-refractivity contribution in [1.29, 1.82) is 0 Å². The van der Waals surface area contributed by atoms with E-state index >= 15 is 0 Å². The van der Waals surface area contributed by atoms with Crippen LogP contribution in [-0.4, -0.2) is 30.7 Å². The fourth-order valence-electron chi connectivity index (χ4n) is 1.75. The summed E-state index contributed by atoms with van der Waals surface area (Å²) < 4.78 is 4.87. The van der Waals surface area contributed by atoms with Gasteiger partial charge in [0.1, 0.15) is 6.73 Å². The van der Waals surface area contributed by atoms with Gasteiger partial charge in [0.2, 0.25) is 5.91 Å². The van der Waals surface area contributed by atoms with E-state index in [1.807, 2.05) is 25.1 Å². The molecule has 1 atom stereocenters. The molecule has 1 heterocycles. The van der Waals surface area contributed by atoms with E-state index in [0.29, 0.717) is 19.2 Å². The summed E-state index contributed by atoms with van der Waals surface area (Å²) in [4.78, 5) is 12.8. The van der Waals surface area contributed by atoms with Crippen LogP contribution in [-0.2, 0) is 9.53 Å². The molecular weight excluding hydrogens is 214 g/mol. The lowest BCUT2D eigenvalue weighted by Gasteiger charge is -2.19. The highest BCUT2D eigenvalue weighted by Crippen LogP contribution is 2.16. The SMILES string of the molecule is COCN1C(=O)CCC1C.Cc1ccccc1. The number of rotatable bonds is 2. The molecule has 0 radical (unpaired) electrons. The molecule has 1 fully saturated rings. The maximum absolute atomic E-state index is 11.0. The van der Waals surface area contributed by atoms with E-state index in [0.717, 1.165) is 6.42 Å². The second kappa shape index (κ2) is 7.07. The van der Waals surface area contributed by atoms with Crippen molar-refractivity contribution < 1.29 is 9.53 Å². The number of methoxy groups -OCH3 is 1. The van der Waals surface area contributed by atoms with Crippen LogP contribution in [0.15, 0.2) is 30.3 Å². The molecule has 0 spiro atoms. The van der Waals surface area contributed by atoms with Crippen molar-refractivity contribution >= 4 is 5.91 Å². The van der Waals surface area contributed by atoms with Crippen LogP contribution in [0.3, 0.4) is 0 Å². The van der Waals surface area contributed by atoms with Gasteiger partial charge in [-0.1, -0.05) is 35.9 Å². The fraction of sp³-hybridized carbons (Fsp3) is 0.500. The number of likely N-dealkylation sites (tertiary alicyclic amines) is 1. The normalized spacial score (nSPS) is 18.9. The number of amides is 1. The van der Waals surface area contributed by atoms with Gasteiger partial charge < -0.3 is 9.64 Å². The third-order valence-electron chi connectivity index (χ3n) is 2.84. The Morgan fingerprint density at radius 3 is 2.35 bits per heavy atom. The Balaban J connectivity index is 0.000000181. The third-order valence-corrected chi connectivity index (χ3v) is 2.84. The largest absolute Gasteiger partial charge is 0.364 e. The average molecular weight is 235 g/mol. The van der Waals surface area contributed by atoms with Crippen molar-refractivity contribution in [2.24, 2.45) is 0 Å². The lowest BCUT2D eigenvalue weighted by molar-refractivity contribution is -0.133. The molecule has 1 aromatic carbocycles. The number of ether oxygens (including phenoxy) is 1. The molecule has 94 valence electrons. The van der Waals surface area contributed by atoms with Crippen LogP contribution in [0.5, 0.6) is 0 Å². The van der Waals surface area contributed by atoms with Crippen molar-refractivity contribution in [2.75, 3.05) is 13.8 Å². The van der Waals surface area contributed by atoms with Crippen LogP contribution >= 0.6 is 0 Å². The van der Waals surface area contributed by atoms with E-state index < -0.39 is 0 Å². The van der Waals surface area contributed by atoms with Crippen molar-refractivity contribution in [3.8, 4) is 0 Å². The van der Waals surface area contributed by atoms with Gasteiger partial charge >= 0.3 is 0 Å². The molecule has 0 bridgehead atoms. The zero-order chi connectivity index (χ0) is 12.7. The van der Waals surface area contributed by atoms with Crippen molar-refractivity contribution in [2.45, 2.75) is 32.7 Å². The molecule has 3 heteroatoms. The van der Waals surface area contributed by atoms with Gasteiger partial charge in [0.05, 0.1) is 0 Å². The lowest BCUT2D eigenvalue weighted by Crippen LogP contribution is -2.32. The number of carbonyl (C=O) groups is 1. The summed E-state index contributed by atoms with van der Waals surface area (Å²) in [5.74, 6) is 0.217. The average Bonchev–Trinajstić information content (AvgIpc) is 2.63. The van der Waals surface area contributed by atoms with Gasteiger partial charge in [-0.2, -0.15) is 0 Å². The van der Waals surface area contributed by atoms with E-state index in [1.54, 1.807) is 12.0 Å². The minimum absolute atomic E-state index is 0.217. The van der Waals surface area contributed by atoms with Gasteiger partial charge in [0.15, 0.2) is 0 Å². The zero-order valence-electron chi connectivity index (χ0n) is 10.8. The topological polar surface area (TPSA) is 29.5 Å². The fourth-order valence-corrected chi connectivity index (χ4v) is 1.75. The Morgan fingerprint density at radius 2 is 2.00 bits per heavy atom. The molecule has 0 saturated carbocycles. The summed E-state index contributed by atoms with van der Waals surface area (Å²) >= 11 is 0. The molecule has 1 aromatic rings. The summed E-state index contributed by atoms with van der Waals surface area (Å²) in [6, 6.07) is 10.6. The molecule has 3 nitrogen and oxygen atoms in total. The second-order valence-corrected chi connectivity index (χ2v) is 4.32. The molecule has 17 heavy (non-hydrogen) atoms. The predicted octanol–water partition coefficient (Wildman–Crippen LogP) is 2.60. The summed E-state index contributed by atoms with van der Waals surface area (Å²) in [6.45, 7) is 4.57. The van der Waals surface area contributed by atoms with E-state index in [9.17, 15) is 4.79 Å². The summed E-state index contributed by atoms with van der Waals surface area (Å²) in [5.41, 5.74) is 1.32. The van der Waals surface area contributed by atoms with Crippen molar-refractivity contribution in [1.82, 2.24) is 4.90 Å². The van der Waals surface area contributed by atoms with Crippen LogP contribution in [0.1, 0.15) is 25.3 Å². The molecule has 1 aliphatic heterocycles. The smallest absolute Gasteiger partial charge is 0.224 e. The molecule has 1 aliphatic rings. The maximum Gasteiger partial charge on any atom is 0.224 e. The monoisotopic (exact) mass is 235 g/mol. The Hall–Kier alpha value is -1.35. The van der Waals surface area contributed by atoms with E-state index in [-0.39, 0.29) is 5.91 Å². The zero-order valence-corrected chi connectivity index (χ0v) is 10.8. The van der Waals surface area contributed by atoms with Crippen LogP contribution in [0.2, 0.25) is 0 Å². The Morgan fingerprint density at radius 1 is 1.35 bits per heavy atom. The number of nitrogens with zero attached hydrogens (tertiary/aromatic N) is 1. The van der Waals surface area contributed by atoms with Gasteiger partial charge in [0, 0.05) is 19.6 Å². The third kappa shape index (κ3) is 4.57. The highest BCUT2D eigenvalue weighted by molar-refractivity contribution is 5.78. The van der Waals surface area contributed by atoms with Crippen LogP contribution in [0.25, 0.3) is 0 Å². The quantitative estimate of drug-likeness (QED) is 0.788. The number of carbonyl (C=O) groups excluding carboxylic acids is 1. The standard InChI is InChI=1S/C7H13NO2.C7H8/c1-6-3-4-7(9)8(6)5-10-2;1-7-5-3-2-4-6-7/h6H,3-5H2,1-2H3;2-6H,1H3. The van der Waals surface area contributed by atoms with Crippen molar-refractivity contribution in [3.63, 3.8) is 0 Å². The number of benzene rings is 1. The molecule has 0 N–H and O–H groups in total. The van der Waals surface area contributed by atoms with Crippen LogP contribution in [0, 0.1) is 6.92 Å². The maximum atomic E-state index is 11.0. The van der Waals surface area contributed by atoms with E-state index in [1.165, 1.54) is 5.56 Å². The van der Waals surface area contributed by atoms with Gasteiger partial charge in [-0.15, -0.1) is 0 Å². The first-order valence-corrected chi connectivity index (χ1v) is 5.95. The minimum Gasteiger partial charge on any atom is -0.364 e. The van der Waals surface area contributed by atoms with E-state index in [4.69, 9.17) is 4.74 Å². The van der Waals surface area contributed by atoms with Gasteiger partial charge in [-0.25, -0.2) is 0 Å². The Labute approximate surface area is 103 Å². The molecule has 2 rings (SSSR count). The number of hydrogen-bond donors (Lipinski definition) is 0. The number of hydrogen-bond acceptors (Lipinski definition) is 2. The second-order valence-electron chi connectivity index (χ2n) is 4.32. The molecule has 1 saturated heterocycles. The first kappa shape index (κ1) is 13.7. The minimum atomic E-state index is 0.217. The first-order chi connectivity index (χ1) is 8.15. The van der Waals surface area contributed by atoms with Gasteiger partial charge in [-0.05, 0) is 20.3 Å². The van der Waals surface area contributed by atoms with Crippen LogP contribution < -0.4 is 0 Å². The highest BCUT2D eigenvalue weighted by atomic mass is 16.5. The molecular formula is C14H21NO2. The molecule has 0 aliphatic carbocycles. The Kier molecular flexibility index (Phi) is 5.70. The molecule has 0 aromatic heterocycles. The Bertz CT molecular complexity index is 337. The van der Waals surface area contributed by atoms with Crippen molar-refractivity contribution in [3.05, 3.63) is 35.9 Å².